The van der Waals surface area contributed by atoms with Gasteiger partial charge in [0.1, 0.15) is 6.61 Å². The molecule has 1 saturated heterocycles. The van der Waals surface area contributed by atoms with Crippen LogP contribution in [0.3, 0.4) is 0 Å². The summed E-state index contributed by atoms with van der Waals surface area (Å²) in [6, 6.07) is 9.56. The molecule has 1 aliphatic heterocycles. The fourth-order valence-corrected chi connectivity index (χ4v) is 3.37. The van der Waals surface area contributed by atoms with Crippen LogP contribution >= 0.6 is 0 Å². The van der Waals surface area contributed by atoms with E-state index in [0.29, 0.717) is 25.9 Å². The van der Waals surface area contributed by atoms with E-state index in [1.807, 2.05) is 37.3 Å². The van der Waals surface area contributed by atoms with Crippen molar-refractivity contribution in [3.8, 4) is 0 Å². The maximum Gasteiger partial charge on any atom is 0.334 e. The first-order valence-electron chi connectivity index (χ1n) is 8.82. The number of likely N-dealkylation sites (tertiary alicyclic amines) is 1. The molecule has 26 heavy (non-hydrogen) atoms. The van der Waals surface area contributed by atoms with Gasteiger partial charge in [-0.3, -0.25) is 14.5 Å². The molecule has 0 radical (unpaired) electrons. The Morgan fingerprint density at radius 1 is 1.19 bits per heavy atom. The zero-order valence-electron chi connectivity index (χ0n) is 15.9. The summed E-state index contributed by atoms with van der Waals surface area (Å²) in [6.45, 7) is 9.66. The third-order valence-electron chi connectivity index (χ3n) is 4.62. The Morgan fingerprint density at radius 3 is 2.31 bits per heavy atom. The van der Waals surface area contributed by atoms with E-state index in [0.717, 1.165) is 17.7 Å². The van der Waals surface area contributed by atoms with E-state index >= 15 is 0 Å². The van der Waals surface area contributed by atoms with Crippen molar-refractivity contribution in [1.29, 1.82) is 0 Å². The second kappa shape index (κ2) is 8.96. The van der Waals surface area contributed by atoms with E-state index < -0.39 is 11.5 Å². The minimum atomic E-state index is -1.10. The Bertz CT molecular complexity index is 636. The first-order chi connectivity index (χ1) is 12.4. The topological polar surface area (TPSA) is 59.1 Å². The van der Waals surface area contributed by atoms with E-state index in [-0.39, 0.29) is 12.5 Å². The highest BCUT2D eigenvalue weighted by molar-refractivity contribution is 5.86. The molecule has 0 spiro atoms. The number of amides is 1. The predicted molar refractivity (Wildman–Crippen MR) is 99.0 cm³/mol. The third-order valence-corrected chi connectivity index (χ3v) is 4.62. The number of nitrogens with zero attached hydrogens (tertiary/aromatic N) is 2. The number of hydrogen-bond donors (Lipinski definition) is 0. The van der Waals surface area contributed by atoms with Crippen LogP contribution in [-0.2, 0) is 25.8 Å². The van der Waals surface area contributed by atoms with Crippen LogP contribution < -0.4 is 0 Å². The average molecular weight is 360 g/mol. The summed E-state index contributed by atoms with van der Waals surface area (Å²) < 4.78 is 5.04. The molecule has 1 fully saturated rings. The number of carbonyl (C=O) groups is 2. The Hall–Kier alpha value is -2.18. The molecule has 142 valence electrons. The van der Waals surface area contributed by atoms with Crippen molar-refractivity contribution in [3.05, 3.63) is 48.0 Å². The standard InChI is InChI=1S/C20H28N2O4/c1-16(2)14-21-12-10-20(11-13-21,19(24)25-4)22(17(3)23)26-15-18-8-6-5-7-9-18/h5-9H,1,10-15H2,2-4H3. The van der Waals surface area contributed by atoms with Gasteiger partial charge in [-0.25, -0.2) is 9.86 Å². The highest BCUT2D eigenvalue weighted by Gasteiger charge is 2.50. The molecule has 1 amide bonds. The molecule has 1 aromatic carbocycles. The number of benzene rings is 1. The molecule has 1 heterocycles. The zero-order chi connectivity index (χ0) is 19.2. The van der Waals surface area contributed by atoms with Crippen molar-refractivity contribution in [3.63, 3.8) is 0 Å². The molecule has 0 N–H and O–H groups in total. The largest absolute Gasteiger partial charge is 0.467 e. The number of hydroxylamine groups is 2. The second-order valence-corrected chi connectivity index (χ2v) is 6.83. The number of ether oxygens (including phenoxy) is 1. The zero-order valence-corrected chi connectivity index (χ0v) is 15.9. The second-order valence-electron chi connectivity index (χ2n) is 6.83. The first kappa shape index (κ1) is 20.1. The molecule has 0 saturated carbocycles. The van der Waals surface area contributed by atoms with Gasteiger partial charge >= 0.3 is 5.97 Å². The summed E-state index contributed by atoms with van der Waals surface area (Å²) in [5.41, 5.74) is 0.902. The fraction of sp³-hybridized carbons (Fsp3) is 0.500. The Balaban J connectivity index is 2.18. The van der Waals surface area contributed by atoms with Gasteiger partial charge in [0.25, 0.3) is 0 Å². The van der Waals surface area contributed by atoms with Gasteiger partial charge in [0.2, 0.25) is 5.91 Å². The molecule has 2 rings (SSSR count). The smallest absolute Gasteiger partial charge is 0.334 e. The van der Waals surface area contributed by atoms with Crippen LogP contribution in [0.1, 0.15) is 32.3 Å². The molecule has 0 aromatic heterocycles. The van der Waals surface area contributed by atoms with Gasteiger partial charge in [-0.05, 0) is 25.3 Å². The van der Waals surface area contributed by atoms with Crippen molar-refractivity contribution in [1.82, 2.24) is 9.96 Å². The quantitative estimate of drug-likeness (QED) is 0.425. The number of piperidine rings is 1. The van der Waals surface area contributed by atoms with E-state index in [9.17, 15) is 9.59 Å². The monoisotopic (exact) mass is 360 g/mol. The van der Waals surface area contributed by atoms with Crippen molar-refractivity contribution in [2.75, 3.05) is 26.7 Å². The summed E-state index contributed by atoms with van der Waals surface area (Å²) in [6.07, 6.45) is 0.919. The molecule has 6 heteroatoms. The van der Waals surface area contributed by atoms with Crippen LogP contribution in [0.2, 0.25) is 0 Å². The van der Waals surface area contributed by atoms with Crippen molar-refractivity contribution in [2.24, 2.45) is 0 Å². The van der Waals surface area contributed by atoms with Crippen LogP contribution in [-0.4, -0.2) is 54.1 Å². The number of rotatable bonds is 7. The lowest BCUT2D eigenvalue weighted by Crippen LogP contribution is -2.61. The minimum absolute atomic E-state index is 0.217. The van der Waals surface area contributed by atoms with Gasteiger partial charge in [0, 0.05) is 26.6 Å². The van der Waals surface area contributed by atoms with Gasteiger partial charge in [-0.2, -0.15) is 0 Å². The summed E-state index contributed by atoms with van der Waals surface area (Å²) in [5, 5.41) is 1.23. The van der Waals surface area contributed by atoms with Crippen molar-refractivity contribution in [2.45, 2.75) is 38.8 Å². The predicted octanol–water partition coefficient (Wildman–Crippen LogP) is 2.55. The van der Waals surface area contributed by atoms with Crippen molar-refractivity contribution >= 4 is 11.9 Å². The van der Waals surface area contributed by atoms with Crippen LogP contribution in [0.15, 0.2) is 42.5 Å². The van der Waals surface area contributed by atoms with Gasteiger partial charge in [0.05, 0.1) is 7.11 Å². The normalized spacial score (nSPS) is 16.7. The number of methoxy groups -OCH3 is 1. The molecule has 0 aliphatic carbocycles. The van der Waals surface area contributed by atoms with Crippen LogP contribution in [0.4, 0.5) is 0 Å². The fourth-order valence-electron chi connectivity index (χ4n) is 3.37. The van der Waals surface area contributed by atoms with Crippen molar-refractivity contribution < 1.29 is 19.2 Å². The minimum Gasteiger partial charge on any atom is -0.467 e. The molecule has 1 aliphatic rings. The Morgan fingerprint density at radius 2 is 1.81 bits per heavy atom. The molecule has 6 nitrogen and oxygen atoms in total. The SMILES string of the molecule is C=C(C)CN1CCC(C(=O)OC)(N(OCc2ccccc2)C(C)=O)CC1. The average Bonchev–Trinajstić information content (AvgIpc) is 2.62. The lowest BCUT2D eigenvalue weighted by molar-refractivity contribution is -0.239. The van der Waals surface area contributed by atoms with E-state index in [4.69, 9.17) is 9.57 Å². The number of carbonyl (C=O) groups excluding carboxylic acids is 2. The number of hydrogen-bond acceptors (Lipinski definition) is 5. The Labute approximate surface area is 155 Å². The summed E-state index contributed by atoms with van der Waals surface area (Å²) in [5.74, 6) is -0.740. The summed E-state index contributed by atoms with van der Waals surface area (Å²) in [4.78, 5) is 33.0. The maximum atomic E-state index is 12.6. The van der Waals surface area contributed by atoms with Crippen LogP contribution in [0, 0.1) is 0 Å². The summed E-state index contributed by atoms with van der Waals surface area (Å²) in [7, 11) is 1.35. The summed E-state index contributed by atoms with van der Waals surface area (Å²) >= 11 is 0. The molecule has 0 bridgehead atoms. The van der Waals surface area contributed by atoms with E-state index in [1.54, 1.807) is 0 Å². The Kier molecular flexibility index (Phi) is 6.94. The molecule has 1 aromatic rings. The molecular weight excluding hydrogens is 332 g/mol. The van der Waals surface area contributed by atoms with Gasteiger partial charge in [0.15, 0.2) is 5.54 Å². The maximum absolute atomic E-state index is 12.6. The number of esters is 1. The lowest BCUT2D eigenvalue weighted by atomic mass is 9.86. The highest BCUT2D eigenvalue weighted by atomic mass is 16.7. The molecular formula is C20H28N2O4. The third kappa shape index (κ3) is 4.71. The van der Waals surface area contributed by atoms with E-state index in [2.05, 4.69) is 11.5 Å². The lowest BCUT2D eigenvalue weighted by Gasteiger charge is -2.45. The highest BCUT2D eigenvalue weighted by Crippen LogP contribution is 2.32. The molecule has 0 unspecified atom stereocenters. The molecule has 0 atom stereocenters. The van der Waals surface area contributed by atoms with E-state index in [1.165, 1.54) is 19.1 Å². The van der Waals surface area contributed by atoms with Gasteiger partial charge < -0.3 is 4.74 Å². The van der Waals surface area contributed by atoms with Crippen LogP contribution in [0.5, 0.6) is 0 Å². The van der Waals surface area contributed by atoms with Crippen LogP contribution in [0.25, 0.3) is 0 Å². The first-order valence-corrected chi connectivity index (χ1v) is 8.82. The van der Waals surface area contributed by atoms with Gasteiger partial charge in [-0.1, -0.05) is 42.5 Å². The van der Waals surface area contributed by atoms with Gasteiger partial charge in [-0.15, -0.1) is 0 Å².